The Morgan fingerprint density at radius 3 is 2.45 bits per heavy atom. The molecule has 1 amide bonds. The second kappa shape index (κ2) is 11.6. The van der Waals surface area contributed by atoms with Gasteiger partial charge in [0.15, 0.2) is 12.4 Å². The van der Waals surface area contributed by atoms with Gasteiger partial charge in [0.25, 0.3) is 0 Å². The molecule has 0 fully saturated rings. The van der Waals surface area contributed by atoms with Crippen molar-refractivity contribution in [1.82, 2.24) is 5.32 Å². The molecule has 3 rings (SSSR count). The molecule has 0 aliphatic heterocycles. The summed E-state index contributed by atoms with van der Waals surface area (Å²) in [5, 5.41) is 11.3. The number of aliphatic carboxylic acids is 1. The van der Waals surface area contributed by atoms with Crippen molar-refractivity contribution in [3.8, 4) is 0 Å². The number of ether oxygens (including phenoxy) is 2. The van der Waals surface area contributed by atoms with Gasteiger partial charge in [0, 0.05) is 0 Å². The van der Waals surface area contributed by atoms with Gasteiger partial charge in [0.05, 0.1) is 12.8 Å². The van der Waals surface area contributed by atoms with Crippen molar-refractivity contribution in [3.05, 3.63) is 77.4 Å². The van der Waals surface area contributed by atoms with Crippen LogP contribution in [0.5, 0.6) is 0 Å². The quantitative estimate of drug-likeness (QED) is 0.532. The zero-order chi connectivity index (χ0) is 23.6. The summed E-state index contributed by atoms with van der Waals surface area (Å²) in [4.78, 5) is 47.9. The third-order valence-corrected chi connectivity index (χ3v) is 5.15. The first-order valence-electron chi connectivity index (χ1n) is 10.6. The number of fused-ring (bicyclic) bond motifs is 1. The fraction of sp³-hybridized carbons (Fsp3) is 0.280. The summed E-state index contributed by atoms with van der Waals surface area (Å²) in [6, 6.07) is 15.3. The normalized spacial score (nSPS) is 13.2. The van der Waals surface area contributed by atoms with Gasteiger partial charge in [-0.2, -0.15) is 0 Å². The van der Waals surface area contributed by atoms with Gasteiger partial charge in [-0.05, 0) is 35.1 Å². The van der Waals surface area contributed by atoms with E-state index < -0.39 is 42.9 Å². The molecule has 2 N–H and O–H groups in total. The minimum atomic E-state index is -1.38. The molecule has 1 unspecified atom stereocenters. The van der Waals surface area contributed by atoms with Crippen LogP contribution >= 0.6 is 0 Å². The van der Waals surface area contributed by atoms with Crippen molar-refractivity contribution in [1.29, 1.82) is 0 Å². The molecule has 0 aromatic heterocycles. The largest absolute Gasteiger partial charge is 0.481 e. The van der Waals surface area contributed by atoms with Crippen LogP contribution in [0.4, 0.5) is 4.79 Å². The summed E-state index contributed by atoms with van der Waals surface area (Å²) in [5.41, 5.74) is 3.71. The fourth-order valence-corrected chi connectivity index (χ4v) is 3.52. The molecule has 8 nitrogen and oxygen atoms in total. The number of aryl methyl sites for hydroxylation is 1. The summed E-state index contributed by atoms with van der Waals surface area (Å²) >= 11 is 0. The van der Waals surface area contributed by atoms with E-state index in [1.807, 2.05) is 36.4 Å². The number of rotatable bonds is 10. The average Bonchev–Trinajstić information content (AvgIpc) is 2.81. The summed E-state index contributed by atoms with van der Waals surface area (Å²) in [7, 11) is 0. The number of nitrogens with one attached hydrogen (secondary N) is 1. The highest BCUT2D eigenvalue weighted by atomic mass is 16.5. The molecule has 172 valence electrons. The lowest BCUT2D eigenvalue weighted by molar-refractivity contribution is -0.148. The SMILES string of the molecule is O=C(O)CC(NC(=O)OCc1ccccc1)C(=O)COC(=O)CC1=CCCc2ccccc21. The van der Waals surface area contributed by atoms with E-state index >= 15 is 0 Å². The van der Waals surface area contributed by atoms with Crippen molar-refractivity contribution < 1.29 is 33.8 Å². The molecule has 1 atom stereocenters. The number of carbonyl (C=O) groups is 4. The van der Waals surface area contributed by atoms with E-state index in [9.17, 15) is 19.2 Å². The molecule has 0 saturated carbocycles. The van der Waals surface area contributed by atoms with Gasteiger partial charge in [-0.25, -0.2) is 4.79 Å². The summed E-state index contributed by atoms with van der Waals surface area (Å²) in [6.07, 6.45) is 2.09. The molecular weight excluding hydrogens is 426 g/mol. The maximum absolute atomic E-state index is 12.5. The van der Waals surface area contributed by atoms with Crippen LogP contribution in [0, 0.1) is 0 Å². The number of Topliss-reactive ketones (excluding diaryl/α,β-unsaturated/α-hetero) is 1. The van der Waals surface area contributed by atoms with Crippen LogP contribution in [0.3, 0.4) is 0 Å². The lowest BCUT2D eigenvalue weighted by Gasteiger charge is -2.18. The first-order chi connectivity index (χ1) is 15.9. The molecule has 0 bridgehead atoms. The lowest BCUT2D eigenvalue weighted by atomic mass is 9.89. The average molecular weight is 451 g/mol. The van der Waals surface area contributed by atoms with Crippen LogP contribution in [0.15, 0.2) is 60.7 Å². The maximum Gasteiger partial charge on any atom is 0.408 e. The van der Waals surface area contributed by atoms with Crippen molar-refractivity contribution in [2.24, 2.45) is 0 Å². The molecule has 0 spiro atoms. The number of hydrogen-bond donors (Lipinski definition) is 2. The van der Waals surface area contributed by atoms with Crippen LogP contribution in [0.2, 0.25) is 0 Å². The third-order valence-electron chi connectivity index (χ3n) is 5.15. The smallest absolute Gasteiger partial charge is 0.408 e. The molecule has 8 heteroatoms. The van der Waals surface area contributed by atoms with Crippen molar-refractivity contribution in [2.45, 2.75) is 38.3 Å². The minimum Gasteiger partial charge on any atom is -0.481 e. The van der Waals surface area contributed by atoms with Gasteiger partial charge >= 0.3 is 18.0 Å². The van der Waals surface area contributed by atoms with Gasteiger partial charge in [0.1, 0.15) is 12.6 Å². The summed E-state index contributed by atoms with van der Waals surface area (Å²) < 4.78 is 10.1. The van der Waals surface area contributed by atoms with Crippen molar-refractivity contribution >= 4 is 29.4 Å². The maximum atomic E-state index is 12.5. The highest BCUT2D eigenvalue weighted by Gasteiger charge is 2.26. The van der Waals surface area contributed by atoms with E-state index in [4.69, 9.17) is 14.6 Å². The Hall–Kier alpha value is -3.94. The van der Waals surface area contributed by atoms with E-state index in [-0.39, 0.29) is 13.0 Å². The number of esters is 1. The van der Waals surface area contributed by atoms with Gasteiger partial charge < -0.3 is 19.9 Å². The highest BCUT2D eigenvalue weighted by Crippen LogP contribution is 2.28. The van der Waals surface area contributed by atoms with Crippen molar-refractivity contribution in [3.63, 3.8) is 0 Å². The Morgan fingerprint density at radius 1 is 0.970 bits per heavy atom. The summed E-state index contributed by atoms with van der Waals surface area (Å²) in [5.74, 6) is -2.63. The molecular formula is C25H25NO7. The first kappa shape index (κ1) is 23.7. The number of benzene rings is 2. The summed E-state index contributed by atoms with van der Waals surface area (Å²) in [6.45, 7) is -0.684. The van der Waals surface area contributed by atoms with Crippen LogP contribution in [0.1, 0.15) is 36.0 Å². The number of alkyl carbamates (subject to hydrolysis) is 1. The standard InChI is InChI=1S/C25H25NO7/c27-22(16-32-24(30)13-19-11-6-10-18-9-4-5-12-20(18)19)21(14-23(28)29)26-25(31)33-15-17-7-2-1-3-8-17/h1-5,7-9,11-12,21H,6,10,13-16H2,(H,26,31)(H,28,29). The topological polar surface area (TPSA) is 119 Å². The number of carboxylic acid groups (broad SMARTS) is 1. The predicted octanol–water partition coefficient (Wildman–Crippen LogP) is 3.29. The van der Waals surface area contributed by atoms with Crippen LogP contribution in [-0.2, 0) is 36.9 Å². The number of hydrogen-bond acceptors (Lipinski definition) is 6. The second-order valence-electron chi connectivity index (χ2n) is 7.59. The highest BCUT2D eigenvalue weighted by molar-refractivity contribution is 5.93. The Labute approximate surface area is 191 Å². The van der Waals surface area contributed by atoms with Crippen LogP contribution in [-0.4, -0.2) is 41.6 Å². The van der Waals surface area contributed by atoms with E-state index in [2.05, 4.69) is 5.32 Å². The second-order valence-corrected chi connectivity index (χ2v) is 7.59. The van der Waals surface area contributed by atoms with Gasteiger partial charge in [-0.1, -0.05) is 60.7 Å². The molecule has 0 saturated heterocycles. The van der Waals surface area contributed by atoms with E-state index in [0.717, 1.165) is 35.1 Å². The van der Waals surface area contributed by atoms with Gasteiger partial charge in [-0.3, -0.25) is 14.4 Å². The molecule has 1 aliphatic rings. The van der Waals surface area contributed by atoms with E-state index in [1.54, 1.807) is 24.3 Å². The zero-order valence-corrected chi connectivity index (χ0v) is 18.0. The van der Waals surface area contributed by atoms with Crippen LogP contribution in [0.25, 0.3) is 5.57 Å². The monoisotopic (exact) mass is 451 g/mol. The van der Waals surface area contributed by atoms with E-state index in [0.29, 0.717) is 0 Å². The van der Waals surface area contributed by atoms with Gasteiger partial charge in [0.2, 0.25) is 0 Å². The van der Waals surface area contributed by atoms with E-state index in [1.165, 1.54) is 0 Å². The van der Waals surface area contributed by atoms with Crippen LogP contribution < -0.4 is 5.32 Å². The number of allylic oxidation sites excluding steroid dienone is 1. The molecule has 0 heterocycles. The molecule has 1 aliphatic carbocycles. The van der Waals surface area contributed by atoms with Gasteiger partial charge in [-0.15, -0.1) is 0 Å². The number of ketones is 1. The molecule has 33 heavy (non-hydrogen) atoms. The lowest BCUT2D eigenvalue weighted by Crippen LogP contribution is -2.44. The molecule has 0 radical (unpaired) electrons. The Balaban J connectivity index is 1.51. The van der Waals surface area contributed by atoms with Crippen molar-refractivity contribution in [2.75, 3.05) is 6.61 Å². The third kappa shape index (κ3) is 7.31. The number of carbonyl (C=O) groups excluding carboxylic acids is 3. The first-order valence-corrected chi connectivity index (χ1v) is 10.6. The zero-order valence-electron chi connectivity index (χ0n) is 18.0. The molecule has 2 aromatic carbocycles. The Morgan fingerprint density at radius 2 is 1.70 bits per heavy atom. The Bertz CT molecular complexity index is 1050. The number of amides is 1. The fourth-order valence-electron chi connectivity index (χ4n) is 3.52. The Kier molecular flexibility index (Phi) is 8.35. The number of carboxylic acids is 1. The predicted molar refractivity (Wildman–Crippen MR) is 119 cm³/mol. The molecule has 2 aromatic rings. The minimum absolute atomic E-state index is 0.000433.